The van der Waals surface area contributed by atoms with Crippen LogP contribution in [-0.2, 0) is 15.8 Å². The summed E-state index contributed by atoms with van der Waals surface area (Å²) in [4.78, 5) is 20.9. The van der Waals surface area contributed by atoms with Gasteiger partial charge in [-0.2, -0.15) is 4.31 Å². The number of aromatic nitrogens is 1. The zero-order chi connectivity index (χ0) is 20.4. The van der Waals surface area contributed by atoms with E-state index in [1.807, 2.05) is 54.8 Å². The van der Waals surface area contributed by atoms with Crippen molar-refractivity contribution in [2.75, 3.05) is 26.2 Å². The minimum Gasteiger partial charge on any atom is -0.335 e. The van der Waals surface area contributed by atoms with Gasteiger partial charge in [0.05, 0.1) is 16.3 Å². The molecule has 1 aromatic carbocycles. The SMILES string of the molecule is Cc1nc(-c2cccs2)sc1C(=O)N1CCN(S(=O)(=O)Cc2ccccc2)CC1. The molecule has 2 aromatic heterocycles. The van der Waals surface area contributed by atoms with E-state index in [0.29, 0.717) is 31.1 Å². The summed E-state index contributed by atoms with van der Waals surface area (Å²) in [5.41, 5.74) is 1.50. The molecule has 152 valence electrons. The summed E-state index contributed by atoms with van der Waals surface area (Å²) >= 11 is 3.00. The maximum absolute atomic E-state index is 13.0. The largest absolute Gasteiger partial charge is 0.335 e. The van der Waals surface area contributed by atoms with Gasteiger partial charge in [-0.05, 0) is 23.9 Å². The molecule has 4 rings (SSSR count). The smallest absolute Gasteiger partial charge is 0.265 e. The minimum absolute atomic E-state index is 0.0140. The molecule has 0 radical (unpaired) electrons. The second-order valence-corrected chi connectivity index (χ2v) is 10.8. The molecule has 0 unspecified atom stereocenters. The van der Waals surface area contributed by atoms with Crippen molar-refractivity contribution >= 4 is 38.6 Å². The lowest BCUT2D eigenvalue weighted by atomic mass is 10.2. The number of amides is 1. The summed E-state index contributed by atoms with van der Waals surface area (Å²) in [5, 5.41) is 2.84. The zero-order valence-electron chi connectivity index (χ0n) is 15.9. The van der Waals surface area contributed by atoms with Crippen LogP contribution < -0.4 is 0 Å². The van der Waals surface area contributed by atoms with Crippen LogP contribution in [0.25, 0.3) is 9.88 Å². The molecule has 1 fully saturated rings. The van der Waals surface area contributed by atoms with Crippen molar-refractivity contribution in [3.8, 4) is 9.88 Å². The fraction of sp³-hybridized carbons (Fsp3) is 0.300. The van der Waals surface area contributed by atoms with Crippen LogP contribution in [0.1, 0.15) is 20.9 Å². The molecule has 0 aliphatic carbocycles. The first kappa shape index (κ1) is 20.2. The quantitative estimate of drug-likeness (QED) is 0.601. The summed E-state index contributed by atoms with van der Waals surface area (Å²) in [6, 6.07) is 13.1. The highest BCUT2D eigenvalue weighted by atomic mass is 32.2. The lowest BCUT2D eigenvalue weighted by Gasteiger charge is -2.33. The van der Waals surface area contributed by atoms with E-state index in [2.05, 4.69) is 4.98 Å². The van der Waals surface area contributed by atoms with Gasteiger partial charge in [-0.15, -0.1) is 22.7 Å². The molecule has 9 heteroatoms. The molecule has 0 atom stereocenters. The van der Waals surface area contributed by atoms with Crippen LogP contribution in [0.3, 0.4) is 0 Å². The van der Waals surface area contributed by atoms with Gasteiger partial charge in [0, 0.05) is 26.2 Å². The summed E-state index contributed by atoms with van der Waals surface area (Å²) in [6.07, 6.45) is 0. The number of hydrogen-bond acceptors (Lipinski definition) is 6. The third kappa shape index (κ3) is 4.42. The van der Waals surface area contributed by atoms with Gasteiger partial charge in [-0.3, -0.25) is 4.79 Å². The first-order valence-corrected chi connectivity index (χ1v) is 12.6. The predicted octanol–water partition coefficient (Wildman–Crippen LogP) is 3.47. The molecular formula is C20H21N3O3S3. The second kappa shape index (κ2) is 8.35. The summed E-state index contributed by atoms with van der Waals surface area (Å²) in [5.74, 6) is -0.0807. The Hall–Kier alpha value is -2.07. The highest BCUT2D eigenvalue weighted by Crippen LogP contribution is 2.32. The van der Waals surface area contributed by atoms with Crippen molar-refractivity contribution in [1.29, 1.82) is 0 Å². The van der Waals surface area contributed by atoms with E-state index in [9.17, 15) is 13.2 Å². The fourth-order valence-electron chi connectivity index (χ4n) is 3.29. The Morgan fingerprint density at radius 1 is 1.07 bits per heavy atom. The normalized spacial score (nSPS) is 15.6. The van der Waals surface area contributed by atoms with Crippen LogP contribution in [0, 0.1) is 6.92 Å². The Labute approximate surface area is 178 Å². The number of aryl methyl sites for hydroxylation is 1. The van der Waals surface area contributed by atoms with Crippen molar-refractivity contribution in [1.82, 2.24) is 14.2 Å². The van der Waals surface area contributed by atoms with Gasteiger partial charge in [0.15, 0.2) is 0 Å². The lowest BCUT2D eigenvalue weighted by molar-refractivity contribution is 0.0701. The van der Waals surface area contributed by atoms with E-state index in [1.54, 1.807) is 16.2 Å². The topological polar surface area (TPSA) is 70.6 Å². The number of hydrogen-bond donors (Lipinski definition) is 0. The third-order valence-corrected chi connectivity index (χ3v) is 8.87. The first-order chi connectivity index (χ1) is 13.9. The number of thiazole rings is 1. The van der Waals surface area contributed by atoms with Crippen LogP contribution in [0.15, 0.2) is 47.8 Å². The maximum Gasteiger partial charge on any atom is 0.265 e. The second-order valence-electron chi connectivity index (χ2n) is 6.84. The summed E-state index contributed by atoms with van der Waals surface area (Å²) < 4.78 is 26.9. The van der Waals surface area contributed by atoms with E-state index in [1.165, 1.54) is 15.6 Å². The molecule has 1 aliphatic heterocycles. The standard InChI is InChI=1S/C20H21N3O3S3/c1-15-18(28-19(21-15)17-8-5-13-27-17)20(24)22-9-11-23(12-10-22)29(25,26)14-16-6-3-2-4-7-16/h2-8,13H,9-12,14H2,1H3. The van der Waals surface area contributed by atoms with Gasteiger partial charge in [0.1, 0.15) is 9.88 Å². The number of benzene rings is 1. The molecule has 3 heterocycles. The van der Waals surface area contributed by atoms with E-state index in [4.69, 9.17) is 0 Å². The van der Waals surface area contributed by atoms with Crippen LogP contribution in [0.5, 0.6) is 0 Å². The Morgan fingerprint density at radius 3 is 2.45 bits per heavy atom. The highest BCUT2D eigenvalue weighted by molar-refractivity contribution is 7.88. The molecule has 0 saturated carbocycles. The maximum atomic E-state index is 13.0. The molecule has 0 bridgehead atoms. The molecule has 1 amide bonds. The van der Waals surface area contributed by atoms with E-state index in [-0.39, 0.29) is 11.7 Å². The average molecular weight is 448 g/mol. The number of rotatable bonds is 5. The third-order valence-electron chi connectivity index (χ3n) is 4.83. The Bertz CT molecular complexity index is 1080. The van der Waals surface area contributed by atoms with Crippen molar-refractivity contribution < 1.29 is 13.2 Å². The number of piperazine rings is 1. The Kier molecular flexibility index (Phi) is 5.82. The number of thiophene rings is 1. The molecule has 6 nitrogen and oxygen atoms in total. The van der Waals surface area contributed by atoms with Crippen LogP contribution in [-0.4, -0.2) is 54.7 Å². The van der Waals surface area contributed by atoms with Gasteiger partial charge >= 0.3 is 0 Å². The van der Waals surface area contributed by atoms with Gasteiger partial charge in [0.25, 0.3) is 5.91 Å². The lowest BCUT2D eigenvalue weighted by Crippen LogP contribution is -2.50. The van der Waals surface area contributed by atoms with Crippen LogP contribution in [0.2, 0.25) is 0 Å². The number of carbonyl (C=O) groups excluding carboxylic acids is 1. The highest BCUT2D eigenvalue weighted by Gasteiger charge is 2.30. The number of nitrogens with zero attached hydrogens (tertiary/aromatic N) is 3. The van der Waals surface area contributed by atoms with E-state index < -0.39 is 10.0 Å². The van der Waals surface area contributed by atoms with Gasteiger partial charge in [-0.25, -0.2) is 13.4 Å². The molecule has 29 heavy (non-hydrogen) atoms. The Morgan fingerprint density at radius 2 is 1.79 bits per heavy atom. The molecule has 0 spiro atoms. The van der Waals surface area contributed by atoms with Crippen molar-refractivity contribution in [3.63, 3.8) is 0 Å². The number of carbonyl (C=O) groups is 1. The van der Waals surface area contributed by atoms with Crippen molar-refractivity contribution in [2.24, 2.45) is 0 Å². The molecule has 3 aromatic rings. The fourth-order valence-corrected chi connectivity index (χ4v) is 6.64. The predicted molar refractivity (Wildman–Crippen MR) is 117 cm³/mol. The van der Waals surface area contributed by atoms with Crippen LogP contribution >= 0.6 is 22.7 Å². The molecule has 0 N–H and O–H groups in total. The van der Waals surface area contributed by atoms with E-state index >= 15 is 0 Å². The van der Waals surface area contributed by atoms with Gasteiger partial charge in [0.2, 0.25) is 10.0 Å². The van der Waals surface area contributed by atoms with E-state index in [0.717, 1.165) is 21.1 Å². The first-order valence-electron chi connectivity index (χ1n) is 9.26. The average Bonchev–Trinajstić information content (AvgIpc) is 3.38. The number of sulfonamides is 1. The van der Waals surface area contributed by atoms with Crippen molar-refractivity contribution in [2.45, 2.75) is 12.7 Å². The molecule has 1 saturated heterocycles. The van der Waals surface area contributed by atoms with Crippen LogP contribution in [0.4, 0.5) is 0 Å². The monoisotopic (exact) mass is 447 g/mol. The van der Waals surface area contributed by atoms with Crippen molar-refractivity contribution in [3.05, 3.63) is 64.0 Å². The minimum atomic E-state index is -3.40. The van der Waals surface area contributed by atoms with Gasteiger partial charge in [-0.1, -0.05) is 36.4 Å². The molecular weight excluding hydrogens is 426 g/mol. The molecule has 1 aliphatic rings. The Balaban J connectivity index is 1.41. The summed E-state index contributed by atoms with van der Waals surface area (Å²) in [7, 11) is -3.40. The zero-order valence-corrected chi connectivity index (χ0v) is 18.4. The summed E-state index contributed by atoms with van der Waals surface area (Å²) in [6.45, 7) is 3.26. The van der Waals surface area contributed by atoms with Gasteiger partial charge < -0.3 is 4.90 Å².